The Hall–Kier alpha value is -2.21. The van der Waals surface area contributed by atoms with Gasteiger partial charge in [0.05, 0.1) is 26.3 Å². The number of halogens is 2. The van der Waals surface area contributed by atoms with Gasteiger partial charge in [-0.1, -0.05) is 18.2 Å². The molecule has 0 amide bonds. The lowest BCUT2D eigenvalue weighted by Gasteiger charge is -2.29. The number of benzene rings is 2. The van der Waals surface area contributed by atoms with Crippen LogP contribution in [0.15, 0.2) is 48.5 Å². The lowest BCUT2D eigenvalue weighted by atomic mass is 9.98. The van der Waals surface area contributed by atoms with Gasteiger partial charge in [-0.05, 0) is 67.6 Å². The Morgan fingerprint density at radius 1 is 0.875 bits per heavy atom. The number of fused-ring (bicyclic) bond motifs is 2. The van der Waals surface area contributed by atoms with Crippen molar-refractivity contribution in [3.63, 3.8) is 0 Å². The Balaban J connectivity index is 0.00000181. The third-order valence-corrected chi connectivity index (χ3v) is 5.74. The summed E-state index contributed by atoms with van der Waals surface area (Å²) < 4.78 is 16.7. The van der Waals surface area contributed by atoms with E-state index in [0.29, 0.717) is 12.5 Å². The fourth-order valence-electron chi connectivity index (χ4n) is 4.05. The third kappa shape index (κ3) is 6.41. The molecule has 3 aromatic rings. The fourth-order valence-corrected chi connectivity index (χ4v) is 4.05. The van der Waals surface area contributed by atoms with Crippen LogP contribution >= 0.6 is 24.8 Å². The molecule has 0 bridgehead atoms. The van der Waals surface area contributed by atoms with E-state index in [-0.39, 0.29) is 24.8 Å². The summed E-state index contributed by atoms with van der Waals surface area (Å²) in [5.74, 6) is 2.36. The zero-order chi connectivity index (χ0) is 20.8. The quantitative estimate of drug-likeness (QED) is 0.368. The monoisotopic (exact) mass is 478 g/mol. The fraction of sp³-hybridized carbons (Fsp3) is 0.400. The van der Waals surface area contributed by atoms with Crippen LogP contribution < -0.4 is 14.2 Å². The van der Waals surface area contributed by atoms with Gasteiger partial charge in [-0.15, -0.1) is 24.8 Å². The van der Waals surface area contributed by atoms with E-state index in [2.05, 4.69) is 34.1 Å². The summed E-state index contributed by atoms with van der Waals surface area (Å²) in [5.41, 5.74) is 3.71. The smallest absolute Gasteiger partial charge is 0.213 e. The van der Waals surface area contributed by atoms with Gasteiger partial charge in [0, 0.05) is 24.5 Å². The zero-order valence-corrected chi connectivity index (χ0v) is 20.3. The number of unbranched alkanes of at least 4 members (excludes halogenated alkanes) is 2. The van der Waals surface area contributed by atoms with Crippen LogP contribution in [0, 0.1) is 0 Å². The van der Waals surface area contributed by atoms with Crippen LogP contribution in [0.4, 0.5) is 0 Å². The summed E-state index contributed by atoms with van der Waals surface area (Å²) in [6, 6.07) is 16.4. The van der Waals surface area contributed by atoms with Crippen molar-refractivity contribution < 1.29 is 14.2 Å². The molecule has 174 valence electrons. The first-order valence-corrected chi connectivity index (χ1v) is 10.7. The Morgan fingerprint density at radius 2 is 1.62 bits per heavy atom. The first kappa shape index (κ1) is 26.0. The highest BCUT2D eigenvalue weighted by molar-refractivity contribution is 5.85. The van der Waals surface area contributed by atoms with Crippen molar-refractivity contribution >= 4 is 35.7 Å². The van der Waals surface area contributed by atoms with Crippen molar-refractivity contribution in [2.24, 2.45) is 0 Å². The van der Waals surface area contributed by atoms with Gasteiger partial charge in [0.25, 0.3) is 0 Å². The van der Waals surface area contributed by atoms with E-state index in [1.54, 1.807) is 14.2 Å². The molecule has 7 heteroatoms. The van der Waals surface area contributed by atoms with Crippen molar-refractivity contribution in [1.82, 2.24) is 9.88 Å². The summed E-state index contributed by atoms with van der Waals surface area (Å²) in [6.07, 6.45) is 4.44. The first-order chi connectivity index (χ1) is 14.8. The summed E-state index contributed by atoms with van der Waals surface area (Å²) in [6.45, 7) is 3.90. The number of ether oxygens (including phenoxy) is 3. The van der Waals surface area contributed by atoms with Crippen molar-refractivity contribution in [2.45, 2.75) is 32.2 Å². The van der Waals surface area contributed by atoms with Crippen LogP contribution in [0.3, 0.4) is 0 Å². The minimum Gasteiger partial charge on any atom is -0.493 e. The Morgan fingerprint density at radius 3 is 2.41 bits per heavy atom. The molecular weight excluding hydrogens is 447 g/mol. The largest absolute Gasteiger partial charge is 0.493 e. The van der Waals surface area contributed by atoms with Gasteiger partial charge in [-0.25, -0.2) is 4.98 Å². The number of aromatic nitrogens is 1. The second-order valence-electron chi connectivity index (χ2n) is 7.75. The van der Waals surface area contributed by atoms with Crippen LogP contribution in [0.2, 0.25) is 0 Å². The second-order valence-corrected chi connectivity index (χ2v) is 7.75. The molecule has 0 spiro atoms. The van der Waals surface area contributed by atoms with E-state index in [0.717, 1.165) is 61.3 Å². The highest BCUT2D eigenvalue weighted by Gasteiger charge is 2.19. The van der Waals surface area contributed by atoms with Gasteiger partial charge in [-0.3, -0.25) is 4.90 Å². The average Bonchev–Trinajstić information content (AvgIpc) is 2.80. The number of nitrogens with zero attached hydrogens (tertiary/aromatic N) is 2. The molecular formula is C25H32Cl2N2O3. The maximum absolute atomic E-state index is 5.85. The molecule has 0 unspecified atom stereocenters. The molecule has 0 radical (unpaired) electrons. The van der Waals surface area contributed by atoms with Gasteiger partial charge in [0.1, 0.15) is 0 Å². The lowest BCUT2D eigenvalue weighted by Crippen LogP contribution is -2.31. The van der Waals surface area contributed by atoms with Gasteiger partial charge >= 0.3 is 0 Å². The molecule has 5 nitrogen and oxygen atoms in total. The van der Waals surface area contributed by atoms with Crippen molar-refractivity contribution in [1.29, 1.82) is 0 Å². The molecule has 1 aromatic heterocycles. The Bertz CT molecular complexity index is 1000. The summed E-state index contributed by atoms with van der Waals surface area (Å²) in [5, 5.41) is 1.14. The standard InChI is InChI=1S/C25H30N2O3.2ClH/c1-28-23-16-20-12-14-27(18-21(20)17-24(23)29-2)13-6-3-7-15-30-25-11-10-19-8-4-5-9-22(19)26-25;;/h4-5,8-11,16-17H,3,6-7,12-15,18H2,1-2H3;2*1H. The topological polar surface area (TPSA) is 43.8 Å². The maximum Gasteiger partial charge on any atom is 0.213 e. The van der Waals surface area contributed by atoms with Gasteiger partial charge < -0.3 is 14.2 Å². The Labute approximate surface area is 202 Å². The average molecular weight is 479 g/mol. The molecule has 1 aliphatic heterocycles. The van der Waals surface area contributed by atoms with E-state index in [1.165, 1.54) is 17.5 Å². The van der Waals surface area contributed by atoms with Crippen molar-refractivity contribution in [3.8, 4) is 17.4 Å². The van der Waals surface area contributed by atoms with Crippen LogP contribution in [-0.4, -0.2) is 43.8 Å². The maximum atomic E-state index is 5.85. The predicted octanol–water partition coefficient (Wildman–Crippen LogP) is 5.70. The molecule has 2 heterocycles. The van der Waals surface area contributed by atoms with E-state index in [9.17, 15) is 0 Å². The number of rotatable bonds is 9. The molecule has 0 saturated heterocycles. The van der Waals surface area contributed by atoms with E-state index < -0.39 is 0 Å². The minimum absolute atomic E-state index is 0. The van der Waals surface area contributed by atoms with E-state index >= 15 is 0 Å². The zero-order valence-electron chi connectivity index (χ0n) is 18.7. The number of methoxy groups -OCH3 is 2. The van der Waals surface area contributed by atoms with Gasteiger partial charge in [-0.2, -0.15) is 0 Å². The van der Waals surface area contributed by atoms with Crippen molar-refractivity contribution in [2.75, 3.05) is 33.9 Å². The molecule has 1 aliphatic rings. The predicted molar refractivity (Wildman–Crippen MR) is 134 cm³/mol. The molecule has 0 aliphatic carbocycles. The molecule has 0 atom stereocenters. The number of hydrogen-bond donors (Lipinski definition) is 0. The SMILES string of the molecule is COc1cc2c(cc1OC)CN(CCCCCOc1ccc3ccccc3n1)CC2.Cl.Cl. The Kier molecular flexibility index (Phi) is 10.4. The molecule has 2 aromatic carbocycles. The van der Waals surface area contributed by atoms with E-state index in [4.69, 9.17) is 14.2 Å². The van der Waals surface area contributed by atoms with Crippen LogP contribution in [0.1, 0.15) is 30.4 Å². The number of pyridine rings is 1. The normalized spacial score (nSPS) is 12.9. The molecule has 0 fully saturated rings. The summed E-state index contributed by atoms with van der Waals surface area (Å²) >= 11 is 0. The highest BCUT2D eigenvalue weighted by atomic mass is 35.5. The molecule has 0 N–H and O–H groups in total. The summed E-state index contributed by atoms with van der Waals surface area (Å²) in [7, 11) is 3.39. The number of hydrogen-bond acceptors (Lipinski definition) is 5. The minimum atomic E-state index is 0. The van der Waals surface area contributed by atoms with Gasteiger partial charge in [0.15, 0.2) is 11.5 Å². The van der Waals surface area contributed by atoms with Gasteiger partial charge in [0.2, 0.25) is 5.88 Å². The summed E-state index contributed by atoms with van der Waals surface area (Å²) in [4.78, 5) is 7.09. The molecule has 32 heavy (non-hydrogen) atoms. The number of para-hydroxylation sites is 1. The van der Waals surface area contributed by atoms with Crippen LogP contribution in [0.25, 0.3) is 10.9 Å². The van der Waals surface area contributed by atoms with Crippen molar-refractivity contribution in [3.05, 3.63) is 59.7 Å². The van der Waals surface area contributed by atoms with E-state index in [1.807, 2.05) is 24.3 Å². The molecule has 0 saturated carbocycles. The lowest BCUT2D eigenvalue weighted by molar-refractivity contribution is 0.240. The van der Waals surface area contributed by atoms with Crippen LogP contribution in [0.5, 0.6) is 17.4 Å². The second kappa shape index (κ2) is 12.7. The first-order valence-electron chi connectivity index (χ1n) is 10.7. The third-order valence-electron chi connectivity index (χ3n) is 5.74. The van der Waals surface area contributed by atoms with Crippen LogP contribution in [-0.2, 0) is 13.0 Å². The molecule has 4 rings (SSSR count). The highest BCUT2D eigenvalue weighted by Crippen LogP contribution is 2.33.